The number of benzene rings is 2. The Labute approximate surface area is 204 Å². The summed E-state index contributed by atoms with van der Waals surface area (Å²) in [6, 6.07) is 13.4. The van der Waals surface area contributed by atoms with E-state index < -0.39 is 16.9 Å². The third-order valence-corrected chi connectivity index (χ3v) is 6.87. The predicted octanol–water partition coefficient (Wildman–Crippen LogP) is 4.34. The highest BCUT2D eigenvalue weighted by Gasteiger charge is 2.35. The standard InChI is InChI=1S/C24H28N4O6S/c1-15(2)26-24(30)34-18-13-28(14-18)23(29)19-10-9-17(12-20(19)33-3)27-35(31,32)21-8-4-6-16-7-5-11-25-22(16)21/h4-12,15,18,27,31-32H,13-14H2,1-3H3,(H,26,30). The second-order valence-corrected chi connectivity index (χ2v) is 10.2. The summed E-state index contributed by atoms with van der Waals surface area (Å²) in [4.78, 5) is 30.8. The van der Waals surface area contributed by atoms with Gasteiger partial charge < -0.3 is 19.7 Å². The fraction of sp³-hybridized carbons (Fsp3) is 0.292. The third-order valence-electron chi connectivity index (χ3n) is 5.41. The van der Waals surface area contributed by atoms with Gasteiger partial charge in [-0.05, 0) is 38.1 Å². The lowest BCUT2D eigenvalue weighted by molar-refractivity contribution is -0.00715. The molecule has 0 radical (unpaired) electrons. The summed E-state index contributed by atoms with van der Waals surface area (Å²) in [5.41, 5.74) is 1.16. The highest BCUT2D eigenvalue weighted by atomic mass is 32.3. The molecule has 0 atom stereocenters. The minimum Gasteiger partial charge on any atom is -0.496 e. The number of carbonyl (C=O) groups excluding carboxylic acids is 2. The Kier molecular flexibility index (Phi) is 7.01. The maximum atomic E-state index is 12.9. The largest absolute Gasteiger partial charge is 0.496 e. The van der Waals surface area contributed by atoms with Crippen molar-refractivity contribution in [1.29, 1.82) is 0 Å². The molecule has 0 bridgehead atoms. The Morgan fingerprint density at radius 1 is 1.14 bits per heavy atom. The average Bonchev–Trinajstić information content (AvgIpc) is 2.79. The Bertz CT molecular complexity index is 1240. The van der Waals surface area contributed by atoms with Crippen LogP contribution in [0.1, 0.15) is 24.2 Å². The minimum absolute atomic E-state index is 0.0352. The summed E-state index contributed by atoms with van der Waals surface area (Å²) in [5.74, 6) is -0.00413. The van der Waals surface area contributed by atoms with E-state index in [2.05, 4.69) is 15.0 Å². The van der Waals surface area contributed by atoms with Crippen LogP contribution in [0, 0.1) is 0 Å². The van der Waals surface area contributed by atoms with Crippen LogP contribution in [0.25, 0.3) is 10.9 Å². The number of pyridine rings is 1. The second-order valence-electron chi connectivity index (χ2n) is 8.43. The van der Waals surface area contributed by atoms with Crippen LogP contribution in [0.3, 0.4) is 0 Å². The van der Waals surface area contributed by atoms with E-state index in [1.165, 1.54) is 13.2 Å². The number of nitrogens with zero attached hydrogens (tertiary/aromatic N) is 2. The van der Waals surface area contributed by atoms with Crippen LogP contribution in [0.15, 0.2) is 59.6 Å². The highest BCUT2D eigenvalue weighted by molar-refractivity contribution is 8.25. The maximum Gasteiger partial charge on any atom is 0.407 e. The van der Waals surface area contributed by atoms with Crippen molar-refractivity contribution in [2.24, 2.45) is 0 Å². The van der Waals surface area contributed by atoms with E-state index in [0.717, 1.165) is 5.39 Å². The highest BCUT2D eigenvalue weighted by Crippen LogP contribution is 2.50. The molecule has 0 aliphatic carbocycles. The number of hydrogen-bond acceptors (Lipinski definition) is 8. The lowest BCUT2D eigenvalue weighted by atomic mass is 10.1. The van der Waals surface area contributed by atoms with E-state index in [-0.39, 0.29) is 41.8 Å². The number of ether oxygens (including phenoxy) is 2. The number of aromatic nitrogens is 1. The van der Waals surface area contributed by atoms with Crippen molar-refractivity contribution < 1.29 is 28.2 Å². The number of hydrogen-bond donors (Lipinski definition) is 4. The summed E-state index contributed by atoms with van der Waals surface area (Å²) in [6.07, 6.45) is 0.713. The molecular weight excluding hydrogens is 472 g/mol. The zero-order valence-electron chi connectivity index (χ0n) is 19.6. The molecule has 186 valence electrons. The molecule has 2 aromatic carbocycles. The summed E-state index contributed by atoms with van der Waals surface area (Å²) in [5, 5.41) is 3.43. The van der Waals surface area contributed by atoms with Crippen molar-refractivity contribution in [1.82, 2.24) is 15.2 Å². The van der Waals surface area contributed by atoms with Crippen molar-refractivity contribution >= 4 is 39.4 Å². The quantitative estimate of drug-likeness (QED) is 0.377. The summed E-state index contributed by atoms with van der Waals surface area (Å²) >= 11 is 0. The molecule has 1 fully saturated rings. The van der Waals surface area contributed by atoms with Gasteiger partial charge in [-0.25, -0.2) is 4.79 Å². The van der Waals surface area contributed by atoms with Crippen LogP contribution in [0.5, 0.6) is 5.75 Å². The first-order chi connectivity index (χ1) is 16.7. The summed E-state index contributed by atoms with van der Waals surface area (Å²) in [6.45, 7) is 4.23. The first-order valence-corrected chi connectivity index (χ1v) is 12.6. The van der Waals surface area contributed by atoms with E-state index >= 15 is 0 Å². The Hall–Kier alpha value is -3.54. The molecule has 11 heteroatoms. The number of rotatable bonds is 7. The molecule has 4 N–H and O–H groups in total. The zero-order chi connectivity index (χ0) is 25.2. The Balaban J connectivity index is 1.46. The number of nitrogens with one attached hydrogen (secondary N) is 2. The molecule has 0 unspecified atom stereocenters. The van der Waals surface area contributed by atoms with Gasteiger partial charge in [0.25, 0.3) is 5.91 Å². The van der Waals surface area contributed by atoms with Gasteiger partial charge in [0, 0.05) is 23.7 Å². The van der Waals surface area contributed by atoms with E-state index in [1.54, 1.807) is 41.4 Å². The number of alkyl carbamates (subject to hydrolysis) is 1. The van der Waals surface area contributed by atoms with Crippen molar-refractivity contribution in [2.45, 2.75) is 30.9 Å². The molecule has 0 saturated carbocycles. The summed E-state index contributed by atoms with van der Waals surface area (Å²) < 4.78 is 35.2. The summed E-state index contributed by atoms with van der Waals surface area (Å²) in [7, 11) is -2.02. The fourth-order valence-electron chi connectivity index (χ4n) is 3.73. The number of likely N-dealkylation sites (tertiary alicyclic amines) is 1. The molecule has 0 spiro atoms. The van der Waals surface area contributed by atoms with Crippen LogP contribution in [-0.2, 0) is 4.74 Å². The number of fused-ring (bicyclic) bond motifs is 1. The molecule has 35 heavy (non-hydrogen) atoms. The molecule has 1 aromatic heterocycles. The van der Waals surface area contributed by atoms with E-state index in [1.807, 2.05) is 26.0 Å². The number of carbonyl (C=O) groups is 2. The van der Waals surface area contributed by atoms with E-state index in [4.69, 9.17) is 9.47 Å². The molecule has 4 rings (SSSR count). The van der Waals surface area contributed by atoms with Gasteiger partial charge in [0.2, 0.25) is 0 Å². The SMILES string of the molecule is COc1cc(NS(O)(O)c2cccc3cccnc23)ccc1C(=O)N1CC(OC(=O)NC(C)C)C1. The normalized spacial score (nSPS) is 14.4. The predicted molar refractivity (Wildman–Crippen MR) is 134 cm³/mol. The monoisotopic (exact) mass is 500 g/mol. The number of methoxy groups -OCH3 is 1. The van der Waals surface area contributed by atoms with Gasteiger partial charge in [-0.15, -0.1) is 0 Å². The molecule has 1 aliphatic rings. The van der Waals surface area contributed by atoms with Crippen LogP contribution in [0.2, 0.25) is 0 Å². The van der Waals surface area contributed by atoms with Gasteiger partial charge in [0.15, 0.2) is 0 Å². The average molecular weight is 501 g/mol. The molecule has 1 saturated heterocycles. The van der Waals surface area contributed by atoms with Crippen LogP contribution in [0.4, 0.5) is 10.5 Å². The van der Waals surface area contributed by atoms with Crippen molar-refractivity contribution in [3.8, 4) is 5.75 Å². The van der Waals surface area contributed by atoms with Crippen molar-refractivity contribution in [2.75, 3.05) is 24.9 Å². The van der Waals surface area contributed by atoms with Gasteiger partial charge in [-0.3, -0.25) is 23.6 Å². The van der Waals surface area contributed by atoms with Crippen molar-refractivity contribution in [3.05, 3.63) is 60.3 Å². The zero-order valence-corrected chi connectivity index (χ0v) is 20.4. The number of amides is 2. The maximum absolute atomic E-state index is 12.9. The van der Waals surface area contributed by atoms with Crippen molar-refractivity contribution in [3.63, 3.8) is 0 Å². The Morgan fingerprint density at radius 2 is 1.89 bits per heavy atom. The van der Waals surface area contributed by atoms with Gasteiger partial charge in [0.05, 0.1) is 37.0 Å². The van der Waals surface area contributed by atoms with Gasteiger partial charge in [0.1, 0.15) is 16.7 Å². The molecular formula is C24H28N4O6S. The number of anilines is 1. The van der Waals surface area contributed by atoms with Crippen LogP contribution in [-0.4, -0.2) is 63.3 Å². The molecule has 1 aliphatic heterocycles. The molecule has 2 heterocycles. The van der Waals surface area contributed by atoms with Gasteiger partial charge in [-0.1, -0.05) is 29.0 Å². The topological polar surface area (TPSA) is 133 Å². The number of para-hydroxylation sites is 1. The Morgan fingerprint density at radius 3 is 2.60 bits per heavy atom. The minimum atomic E-state index is -3.45. The first kappa shape index (κ1) is 24.6. The molecule has 3 aromatic rings. The smallest absolute Gasteiger partial charge is 0.407 e. The lowest BCUT2D eigenvalue weighted by Crippen LogP contribution is -2.56. The second kappa shape index (κ2) is 9.98. The third kappa shape index (κ3) is 5.42. The van der Waals surface area contributed by atoms with E-state index in [0.29, 0.717) is 16.8 Å². The fourth-order valence-corrected chi connectivity index (χ4v) is 5.00. The lowest BCUT2D eigenvalue weighted by Gasteiger charge is -2.38. The molecule has 10 nitrogen and oxygen atoms in total. The molecule has 2 amide bonds. The van der Waals surface area contributed by atoms with Crippen LogP contribution >= 0.6 is 10.8 Å². The van der Waals surface area contributed by atoms with Gasteiger partial charge >= 0.3 is 6.09 Å². The van der Waals surface area contributed by atoms with E-state index in [9.17, 15) is 18.7 Å². The van der Waals surface area contributed by atoms with Crippen LogP contribution < -0.4 is 14.8 Å². The first-order valence-electron chi connectivity index (χ1n) is 11.0. The van der Waals surface area contributed by atoms with Gasteiger partial charge in [-0.2, -0.15) is 0 Å².